The lowest BCUT2D eigenvalue weighted by Crippen LogP contribution is -2.40. The first kappa shape index (κ1) is 11.4. The van der Waals surface area contributed by atoms with Crippen molar-refractivity contribution in [3.05, 3.63) is 23.9 Å². The molecule has 5 N–H and O–H groups in total. The third kappa shape index (κ3) is 2.51. The Labute approximate surface area is 95.7 Å². The second kappa shape index (κ2) is 4.39. The minimum atomic E-state index is -0.646. The van der Waals surface area contributed by atoms with E-state index in [1.807, 2.05) is 12.1 Å². The molecule has 0 bridgehead atoms. The molecule has 1 heterocycles. The molecular formula is C12H19N3O. The minimum absolute atomic E-state index is 0.242. The van der Waals surface area contributed by atoms with E-state index in [1.165, 1.54) is 0 Å². The van der Waals surface area contributed by atoms with Crippen LogP contribution >= 0.6 is 0 Å². The molecule has 0 aromatic carbocycles. The number of hydrogen-bond donors (Lipinski definition) is 3. The van der Waals surface area contributed by atoms with Crippen molar-refractivity contribution >= 4 is 5.82 Å². The second-order valence-corrected chi connectivity index (χ2v) is 4.79. The number of anilines is 1. The topological polar surface area (TPSA) is 85.2 Å². The predicted octanol–water partition coefficient (Wildman–Crippen LogP) is 0.839. The summed E-state index contributed by atoms with van der Waals surface area (Å²) in [5.74, 6) is 0.519. The zero-order valence-electron chi connectivity index (χ0n) is 9.39. The molecule has 4 nitrogen and oxygen atoms in total. The maximum atomic E-state index is 10.4. The lowest BCUT2D eigenvalue weighted by molar-refractivity contribution is 0.000293. The van der Waals surface area contributed by atoms with Crippen LogP contribution in [0.4, 0.5) is 5.82 Å². The molecule has 1 aromatic rings. The molecule has 1 fully saturated rings. The van der Waals surface area contributed by atoms with Gasteiger partial charge in [-0.15, -0.1) is 0 Å². The first-order valence-electron chi connectivity index (χ1n) is 5.76. The Kier molecular flexibility index (Phi) is 3.12. The van der Waals surface area contributed by atoms with E-state index in [0.717, 1.165) is 31.2 Å². The summed E-state index contributed by atoms with van der Waals surface area (Å²) in [6.07, 6.45) is 5.53. The number of aliphatic hydroxyl groups is 1. The van der Waals surface area contributed by atoms with E-state index < -0.39 is 5.60 Å². The van der Waals surface area contributed by atoms with Crippen LogP contribution in [0.2, 0.25) is 0 Å². The second-order valence-electron chi connectivity index (χ2n) is 4.79. The van der Waals surface area contributed by atoms with Crippen molar-refractivity contribution in [1.82, 2.24) is 4.98 Å². The molecule has 1 saturated carbocycles. The number of nitrogens with two attached hydrogens (primary N) is 2. The average molecular weight is 221 g/mol. The van der Waals surface area contributed by atoms with Gasteiger partial charge >= 0.3 is 0 Å². The maximum absolute atomic E-state index is 10.4. The summed E-state index contributed by atoms with van der Waals surface area (Å²) in [7, 11) is 0. The van der Waals surface area contributed by atoms with Crippen molar-refractivity contribution in [1.29, 1.82) is 0 Å². The van der Waals surface area contributed by atoms with Gasteiger partial charge in [-0.2, -0.15) is 0 Å². The van der Waals surface area contributed by atoms with E-state index >= 15 is 0 Å². The molecule has 0 unspecified atom stereocenters. The Hall–Kier alpha value is -1.13. The highest BCUT2D eigenvalue weighted by molar-refractivity contribution is 5.39. The Morgan fingerprint density at radius 3 is 2.75 bits per heavy atom. The molecule has 0 radical (unpaired) electrons. The van der Waals surface area contributed by atoms with Crippen molar-refractivity contribution < 1.29 is 5.11 Å². The van der Waals surface area contributed by atoms with Gasteiger partial charge in [0.15, 0.2) is 0 Å². The summed E-state index contributed by atoms with van der Waals surface area (Å²) >= 11 is 0. The molecule has 2 rings (SSSR count). The van der Waals surface area contributed by atoms with E-state index in [4.69, 9.17) is 11.5 Å². The fourth-order valence-electron chi connectivity index (χ4n) is 2.31. The first-order chi connectivity index (χ1) is 7.59. The number of nitrogens with zero attached hydrogens (tertiary/aromatic N) is 1. The number of aromatic nitrogens is 1. The molecule has 1 aromatic heterocycles. The summed E-state index contributed by atoms with van der Waals surface area (Å²) in [6, 6.07) is 4.02. The molecule has 0 atom stereocenters. The monoisotopic (exact) mass is 221 g/mol. The fourth-order valence-corrected chi connectivity index (χ4v) is 2.31. The third-order valence-corrected chi connectivity index (χ3v) is 3.41. The molecule has 4 heteroatoms. The average Bonchev–Trinajstić information content (AvgIpc) is 2.27. The van der Waals surface area contributed by atoms with Gasteiger partial charge in [0.05, 0.1) is 5.60 Å². The Balaban J connectivity index is 2.07. The van der Waals surface area contributed by atoms with Crippen molar-refractivity contribution in [2.45, 2.75) is 43.7 Å². The van der Waals surface area contributed by atoms with Crippen LogP contribution in [0.5, 0.6) is 0 Å². The number of rotatable bonds is 2. The van der Waals surface area contributed by atoms with E-state index in [-0.39, 0.29) is 6.04 Å². The molecule has 1 aliphatic rings. The van der Waals surface area contributed by atoms with Crippen LogP contribution in [-0.2, 0) is 6.42 Å². The van der Waals surface area contributed by atoms with Crippen molar-refractivity contribution in [3.63, 3.8) is 0 Å². The smallest absolute Gasteiger partial charge is 0.126 e. The van der Waals surface area contributed by atoms with E-state index in [9.17, 15) is 5.11 Å². The molecule has 0 amide bonds. The molecule has 88 valence electrons. The van der Waals surface area contributed by atoms with E-state index in [0.29, 0.717) is 12.2 Å². The standard InChI is InChI=1S/C12H19N3O/c13-10-3-5-12(16,6-4-10)8-9-2-1-7-15-11(9)14/h1-2,7,10,16H,3-6,8,13H2,(H2,14,15). The summed E-state index contributed by atoms with van der Waals surface area (Å²) in [5.41, 5.74) is 11.9. The van der Waals surface area contributed by atoms with Gasteiger partial charge in [0, 0.05) is 18.7 Å². The zero-order chi connectivity index (χ0) is 11.6. The number of nitrogen functional groups attached to an aromatic ring is 1. The molecule has 0 saturated heterocycles. The SMILES string of the molecule is Nc1ncccc1CC1(O)CCC(N)CC1. The van der Waals surface area contributed by atoms with E-state index in [2.05, 4.69) is 4.98 Å². The van der Waals surface area contributed by atoms with Gasteiger partial charge < -0.3 is 16.6 Å². The van der Waals surface area contributed by atoms with E-state index in [1.54, 1.807) is 6.20 Å². The summed E-state index contributed by atoms with van der Waals surface area (Å²) in [6.45, 7) is 0. The van der Waals surface area contributed by atoms with Crippen LogP contribution in [0.1, 0.15) is 31.2 Å². The summed E-state index contributed by atoms with van der Waals surface area (Å²) in [5, 5.41) is 10.4. The van der Waals surface area contributed by atoms with Crippen molar-refractivity contribution in [2.75, 3.05) is 5.73 Å². The molecule has 0 aliphatic heterocycles. The summed E-state index contributed by atoms with van der Waals surface area (Å²) in [4.78, 5) is 4.03. The van der Waals surface area contributed by atoms with Gasteiger partial charge in [0.25, 0.3) is 0 Å². The van der Waals surface area contributed by atoms with Crippen LogP contribution in [-0.4, -0.2) is 21.7 Å². The van der Waals surface area contributed by atoms with Crippen molar-refractivity contribution in [3.8, 4) is 0 Å². The van der Waals surface area contributed by atoms with Crippen LogP contribution < -0.4 is 11.5 Å². The normalized spacial score (nSPS) is 30.2. The lowest BCUT2D eigenvalue weighted by Gasteiger charge is -2.35. The van der Waals surface area contributed by atoms with Crippen LogP contribution in [0, 0.1) is 0 Å². The zero-order valence-corrected chi connectivity index (χ0v) is 9.39. The summed E-state index contributed by atoms with van der Waals surface area (Å²) < 4.78 is 0. The van der Waals surface area contributed by atoms with Gasteiger partial charge in [-0.1, -0.05) is 6.07 Å². The minimum Gasteiger partial charge on any atom is -0.390 e. The molecule has 16 heavy (non-hydrogen) atoms. The van der Waals surface area contributed by atoms with Crippen LogP contribution in [0.25, 0.3) is 0 Å². The lowest BCUT2D eigenvalue weighted by atomic mass is 9.79. The van der Waals surface area contributed by atoms with Crippen molar-refractivity contribution in [2.24, 2.45) is 5.73 Å². The van der Waals surface area contributed by atoms with Gasteiger partial charge in [-0.3, -0.25) is 0 Å². The largest absolute Gasteiger partial charge is 0.390 e. The highest BCUT2D eigenvalue weighted by Crippen LogP contribution is 2.31. The maximum Gasteiger partial charge on any atom is 0.126 e. The number of hydrogen-bond acceptors (Lipinski definition) is 4. The number of pyridine rings is 1. The van der Waals surface area contributed by atoms with Crippen LogP contribution in [0.3, 0.4) is 0 Å². The third-order valence-electron chi connectivity index (χ3n) is 3.41. The quantitative estimate of drug-likeness (QED) is 0.690. The predicted molar refractivity (Wildman–Crippen MR) is 63.7 cm³/mol. The fraction of sp³-hybridized carbons (Fsp3) is 0.583. The Bertz CT molecular complexity index is 359. The highest BCUT2D eigenvalue weighted by atomic mass is 16.3. The molecule has 1 aliphatic carbocycles. The highest BCUT2D eigenvalue weighted by Gasteiger charge is 2.32. The molecule has 0 spiro atoms. The first-order valence-corrected chi connectivity index (χ1v) is 5.76. The van der Waals surface area contributed by atoms with Gasteiger partial charge in [0.2, 0.25) is 0 Å². The van der Waals surface area contributed by atoms with Gasteiger partial charge in [-0.05, 0) is 37.3 Å². The van der Waals surface area contributed by atoms with Gasteiger partial charge in [-0.25, -0.2) is 4.98 Å². The Morgan fingerprint density at radius 2 is 2.12 bits per heavy atom. The molecular weight excluding hydrogens is 202 g/mol. The van der Waals surface area contributed by atoms with Crippen LogP contribution in [0.15, 0.2) is 18.3 Å². The Morgan fingerprint density at radius 1 is 1.44 bits per heavy atom. The van der Waals surface area contributed by atoms with Gasteiger partial charge in [0.1, 0.15) is 5.82 Å².